The lowest BCUT2D eigenvalue weighted by Crippen LogP contribution is -2.28. The quantitative estimate of drug-likeness (QED) is 0.880. The maximum atomic E-state index is 12.4. The van der Waals surface area contributed by atoms with Crippen molar-refractivity contribution in [1.82, 2.24) is 10.6 Å². The van der Waals surface area contributed by atoms with Gasteiger partial charge < -0.3 is 10.6 Å². The van der Waals surface area contributed by atoms with Crippen LogP contribution in [-0.4, -0.2) is 25.0 Å². The largest absolute Gasteiger partial charge is 0.346 e. The average Bonchev–Trinajstić information content (AvgIpc) is 3.07. The van der Waals surface area contributed by atoms with Crippen LogP contribution in [0, 0.1) is 0 Å². The summed E-state index contributed by atoms with van der Waals surface area (Å²) in [6, 6.07) is 15.2. The molecule has 1 aliphatic heterocycles. The van der Waals surface area contributed by atoms with Crippen LogP contribution in [0.15, 0.2) is 48.5 Å². The first-order valence-electron chi connectivity index (χ1n) is 8.63. The highest BCUT2D eigenvalue weighted by atomic mass is 16.2. The van der Waals surface area contributed by atoms with E-state index in [4.69, 9.17) is 0 Å². The number of aryl methyl sites for hydroxylation is 1. The molecule has 0 spiro atoms. The predicted molar refractivity (Wildman–Crippen MR) is 98.9 cm³/mol. The van der Waals surface area contributed by atoms with Crippen molar-refractivity contribution in [3.63, 3.8) is 0 Å². The first-order valence-corrected chi connectivity index (χ1v) is 8.63. The molecule has 25 heavy (non-hydrogen) atoms. The van der Waals surface area contributed by atoms with Gasteiger partial charge in [0.15, 0.2) is 0 Å². The summed E-state index contributed by atoms with van der Waals surface area (Å²) >= 11 is 0. The number of carbonyl (C=O) groups excluding carboxylic acids is 2. The number of benzene rings is 2. The molecule has 0 bridgehead atoms. The van der Waals surface area contributed by atoms with Gasteiger partial charge in [-0.15, -0.1) is 0 Å². The van der Waals surface area contributed by atoms with Crippen molar-refractivity contribution in [3.05, 3.63) is 65.2 Å². The Kier molecular flexibility index (Phi) is 5.03. The van der Waals surface area contributed by atoms with Crippen LogP contribution in [0.3, 0.4) is 0 Å². The fourth-order valence-corrected chi connectivity index (χ4v) is 2.92. The molecule has 2 aromatic carbocycles. The standard InChI is InChI=1S/C20H23N3O2/c1-3-15-4-6-16(7-5-15)14(2)22-19(24)17-8-10-18(11-9-17)23-13-12-21-20(23)25/h4-11,14H,3,12-13H2,1-2H3,(H,21,25)(H,22,24). The molecule has 2 aromatic rings. The zero-order valence-corrected chi connectivity index (χ0v) is 14.6. The molecule has 1 aliphatic rings. The highest BCUT2D eigenvalue weighted by Gasteiger charge is 2.21. The Balaban J connectivity index is 1.65. The van der Waals surface area contributed by atoms with Gasteiger partial charge in [0.25, 0.3) is 5.91 Å². The fourth-order valence-electron chi connectivity index (χ4n) is 2.92. The number of anilines is 1. The van der Waals surface area contributed by atoms with Crippen LogP contribution in [-0.2, 0) is 6.42 Å². The zero-order chi connectivity index (χ0) is 17.8. The van der Waals surface area contributed by atoms with Gasteiger partial charge in [0.1, 0.15) is 0 Å². The van der Waals surface area contributed by atoms with E-state index in [2.05, 4.69) is 41.8 Å². The number of urea groups is 1. The van der Waals surface area contributed by atoms with Gasteiger partial charge >= 0.3 is 6.03 Å². The summed E-state index contributed by atoms with van der Waals surface area (Å²) in [5.41, 5.74) is 3.75. The Morgan fingerprint density at radius 1 is 1.16 bits per heavy atom. The van der Waals surface area contributed by atoms with Crippen molar-refractivity contribution in [2.45, 2.75) is 26.3 Å². The summed E-state index contributed by atoms with van der Waals surface area (Å²) in [7, 11) is 0. The molecule has 1 heterocycles. The van der Waals surface area contributed by atoms with Crippen molar-refractivity contribution in [2.24, 2.45) is 0 Å². The number of amides is 3. The number of hydrogen-bond donors (Lipinski definition) is 2. The Morgan fingerprint density at radius 3 is 2.40 bits per heavy atom. The lowest BCUT2D eigenvalue weighted by Gasteiger charge is -2.16. The van der Waals surface area contributed by atoms with E-state index in [1.807, 2.05) is 6.92 Å². The number of hydrogen-bond acceptors (Lipinski definition) is 2. The van der Waals surface area contributed by atoms with E-state index < -0.39 is 0 Å². The number of rotatable bonds is 5. The first kappa shape index (κ1) is 17.0. The zero-order valence-electron chi connectivity index (χ0n) is 14.6. The van der Waals surface area contributed by atoms with E-state index in [1.54, 1.807) is 29.2 Å². The van der Waals surface area contributed by atoms with Gasteiger partial charge in [0.05, 0.1) is 6.04 Å². The van der Waals surface area contributed by atoms with Gasteiger partial charge in [-0.3, -0.25) is 9.69 Å². The predicted octanol–water partition coefficient (Wildman–Crippen LogP) is 3.27. The Bertz CT molecular complexity index is 754. The van der Waals surface area contributed by atoms with E-state index in [-0.39, 0.29) is 18.0 Å². The fraction of sp³-hybridized carbons (Fsp3) is 0.300. The minimum Gasteiger partial charge on any atom is -0.346 e. The third-order valence-corrected chi connectivity index (χ3v) is 4.53. The van der Waals surface area contributed by atoms with Crippen LogP contribution >= 0.6 is 0 Å². The van der Waals surface area contributed by atoms with Gasteiger partial charge in [-0.2, -0.15) is 0 Å². The van der Waals surface area contributed by atoms with Crippen LogP contribution in [0.1, 0.15) is 41.4 Å². The van der Waals surface area contributed by atoms with Crippen molar-refractivity contribution < 1.29 is 9.59 Å². The van der Waals surface area contributed by atoms with Crippen LogP contribution in [0.25, 0.3) is 0 Å². The molecule has 0 aliphatic carbocycles. The van der Waals surface area contributed by atoms with Crippen molar-refractivity contribution >= 4 is 17.6 Å². The number of nitrogens with zero attached hydrogens (tertiary/aromatic N) is 1. The highest BCUT2D eigenvalue weighted by molar-refractivity contribution is 5.97. The Hall–Kier alpha value is -2.82. The summed E-state index contributed by atoms with van der Waals surface area (Å²) in [6.07, 6.45) is 1.00. The van der Waals surface area contributed by atoms with Gasteiger partial charge in [-0.25, -0.2) is 4.79 Å². The molecular formula is C20H23N3O2. The van der Waals surface area contributed by atoms with Crippen LogP contribution in [0.4, 0.5) is 10.5 Å². The molecule has 1 atom stereocenters. The smallest absolute Gasteiger partial charge is 0.321 e. The summed E-state index contributed by atoms with van der Waals surface area (Å²) in [5, 5.41) is 5.78. The minimum absolute atomic E-state index is 0.0672. The molecule has 2 N–H and O–H groups in total. The Labute approximate surface area is 148 Å². The molecule has 1 unspecified atom stereocenters. The second-order valence-corrected chi connectivity index (χ2v) is 6.22. The molecule has 130 valence electrons. The first-order chi connectivity index (χ1) is 12.1. The van der Waals surface area contributed by atoms with Crippen molar-refractivity contribution in [2.75, 3.05) is 18.0 Å². The molecule has 5 nitrogen and oxygen atoms in total. The van der Waals surface area contributed by atoms with E-state index in [0.29, 0.717) is 18.7 Å². The third kappa shape index (κ3) is 3.82. The third-order valence-electron chi connectivity index (χ3n) is 4.53. The molecule has 1 fully saturated rings. The topological polar surface area (TPSA) is 61.4 Å². The second-order valence-electron chi connectivity index (χ2n) is 6.22. The van der Waals surface area contributed by atoms with Crippen molar-refractivity contribution in [1.29, 1.82) is 0 Å². The SMILES string of the molecule is CCc1ccc(C(C)NC(=O)c2ccc(N3CCNC3=O)cc2)cc1. The summed E-state index contributed by atoms with van der Waals surface area (Å²) in [6.45, 7) is 5.39. The van der Waals surface area contributed by atoms with Gasteiger partial charge in [-0.1, -0.05) is 31.2 Å². The van der Waals surface area contributed by atoms with E-state index >= 15 is 0 Å². The molecule has 1 saturated heterocycles. The van der Waals surface area contributed by atoms with Crippen LogP contribution < -0.4 is 15.5 Å². The molecule has 5 heteroatoms. The highest BCUT2D eigenvalue weighted by Crippen LogP contribution is 2.18. The molecule has 0 radical (unpaired) electrons. The van der Waals surface area contributed by atoms with Crippen LogP contribution in [0.2, 0.25) is 0 Å². The molecule has 0 saturated carbocycles. The Morgan fingerprint density at radius 2 is 1.84 bits per heavy atom. The molecule has 0 aromatic heterocycles. The average molecular weight is 337 g/mol. The van der Waals surface area contributed by atoms with E-state index in [1.165, 1.54) is 5.56 Å². The lowest BCUT2D eigenvalue weighted by molar-refractivity contribution is 0.0940. The van der Waals surface area contributed by atoms with Gasteiger partial charge in [0.2, 0.25) is 0 Å². The molecule has 3 amide bonds. The molecular weight excluding hydrogens is 314 g/mol. The molecule has 3 rings (SSSR count). The maximum absolute atomic E-state index is 12.4. The number of carbonyl (C=O) groups is 2. The van der Waals surface area contributed by atoms with E-state index in [0.717, 1.165) is 17.7 Å². The normalized spacial score (nSPS) is 15.0. The summed E-state index contributed by atoms with van der Waals surface area (Å²) < 4.78 is 0. The lowest BCUT2D eigenvalue weighted by atomic mass is 10.0. The van der Waals surface area contributed by atoms with Crippen LogP contribution in [0.5, 0.6) is 0 Å². The summed E-state index contributed by atoms with van der Waals surface area (Å²) in [4.78, 5) is 25.8. The number of nitrogens with one attached hydrogen (secondary N) is 2. The second kappa shape index (κ2) is 7.38. The van der Waals surface area contributed by atoms with Gasteiger partial charge in [-0.05, 0) is 48.7 Å². The van der Waals surface area contributed by atoms with Crippen molar-refractivity contribution in [3.8, 4) is 0 Å². The monoisotopic (exact) mass is 337 g/mol. The maximum Gasteiger partial charge on any atom is 0.321 e. The summed E-state index contributed by atoms with van der Waals surface area (Å²) in [5.74, 6) is -0.121. The van der Waals surface area contributed by atoms with Gasteiger partial charge in [0, 0.05) is 24.3 Å². The van der Waals surface area contributed by atoms with E-state index in [9.17, 15) is 9.59 Å². The minimum atomic E-state index is -0.121.